The Labute approximate surface area is 51.1 Å². The van der Waals surface area contributed by atoms with Gasteiger partial charge in [0.2, 0.25) is 0 Å². The molecule has 1 heteroatoms. The van der Waals surface area contributed by atoms with Gasteiger partial charge >= 0.3 is 0 Å². The average Bonchev–Trinajstić information content (AvgIpc) is 1.83. The van der Waals surface area contributed by atoms with Crippen LogP contribution in [0, 0.1) is 12.8 Å². The van der Waals surface area contributed by atoms with Crippen molar-refractivity contribution >= 4 is 0 Å². The largest absolute Gasteiger partial charge is 0.251 e. The molecule has 0 saturated carbocycles. The molecule has 0 rings (SSSR count). The second-order valence-electron chi connectivity index (χ2n) is 2.23. The minimum Gasteiger partial charge on any atom is -0.251 e. The molecule has 8 heavy (non-hydrogen) atoms. The Morgan fingerprint density at radius 3 is 2.62 bits per heavy atom. The molecule has 0 heterocycles. The van der Waals surface area contributed by atoms with E-state index >= 15 is 0 Å². The lowest BCUT2D eigenvalue weighted by Gasteiger charge is -2.03. The fourth-order valence-electron chi connectivity index (χ4n) is 0.570. The van der Waals surface area contributed by atoms with Crippen LogP contribution < -0.4 is 0 Å². The summed E-state index contributed by atoms with van der Waals surface area (Å²) in [5.41, 5.74) is 0. The molecular weight excluding hydrogens is 103 g/mol. The third kappa shape index (κ3) is 4.10. The lowest BCUT2D eigenvalue weighted by Crippen LogP contribution is -1.91. The van der Waals surface area contributed by atoms with E-state index in [1.807, 2.05) is 0 Å². The van der Waals surface area contributed by atoms with Crippen LogP contribution in [0.5, 0.6) is 0 Å². The molecule has 0 bridgehead atoms. The first-order valence-electron chi connectivity index (χ1n) is 3.16. The van der Waals surface area contributed by atoms with Gasteiger partial charge in [0.15, 0.2) is 0 Å². The number of rotatable bonds is 4. The maximum Gasteiger partial charge on any atom is 0.0894 e. The Balaban J connectivity index is 2.86. The van der Waals surface area contributed by atoms with Crippen LogP contribution in [0.3, 0.4) is 0 Å². The van der Waals surface area contributed by atoms with Crippen LogP contribution in [0.1, 0.15) is 26.2 Å². The van der Waals surface area contributed by atoms with Gasteiger partial charge in [-0.2, -0.15) is 0 Å². The second-order valence-corrected chi connectivity index (χ2v) is 2.23. The molecule has 1 unspecified atom stereocenters. The molecule has 0 amide bonds. The van der Waals surface area contributed by atoms with Gasteiger partial charge in [0.25, 0.3) is 0 Å². The SMILES string of the molecule is [CH2]CC(C)CCCF. The highest BCUT2D eigenvalue weighted by Gasteiger charge is 1.95. The molecule has 0 aliphatic heterocycles. The summed E-state index contributed by atoms with van der Waals surface area (Å²) in [6.45, 7) is 5.64. The van der Waals surface area contributed by atoms with Crippen molar-refractivity contribution in [2.24, 2.45) is 5.92 Å². The van der Waals surface area contributed by atoms with Crippen molar-refractivity contribution in [2.75, 3.05) is 6.67 Å². The van der Waals surface area contributed by atoms with Crippen LogP contribution in [0.15, 0.2) is 0 Å². The molecule has 0 N–H and O–H groups in total. The molecule has 0 aromatic rings. The Bertz CT molecular complexity index is 43.7. The van der Waals surface area contributed by atoms with Crippen LogP contribution in [0.4, 0.5) is 4.39 Å². The van der Waals surface area contributed by atoms with Crippen molar-refractivity contribution in [3.8, 4) is 0 Å². The third-order valence-corrected chi connectivity index (χ3v) is 1.32. The summed E-state index contributed by atoms with van der Waals surface area (Å²) in [5, 5.41) is 0. The molecule has 0 spiro atoms. The summed E-state index contributed by atoms with van der Waals surface area (Å²) in [6, 6.07) is 0. The van der Waals surface area contributed by atoms with Crippen LogP contribution >= 0.6 is 0 Å². The van der Waals surface area contributed by atoms with E-state index < -0.39 is 0 Å². The van der Waals surface area contributed by atoms with Gasteiger partial charge in [-0.25, -0.2) is 0 Å². The molecule has 0 fully saturated rings. The fourth-order valence-corrected chi connectivity index (χ4v) is 0.570. The van der Waals surface area contributed by atoms with Gasteiger partial charge in [-0.3, -0.25) is 4.39 Å². The molecule has 0 aliphatic rings. The lowest BCUT2D eigenvalue weighted by molar-refractivity contribution is 0.418. The normalized spacial score (nSPS) is 13.9. The summed E-state index contributed by atoms with van der Waals surface area (Å²) in [5.74, 6) is 0.603. The predicted molar refractivity (Wildman–Crippen MR) is 34.3 cm³/mol. The van der Waals surface area contributed by atoms with Crippen molar-refractivity contribution in [2.45, 2.75) is 26.2 Å². The maximum absolute atomic E-state index is 11.5. The highest BCUT2D eigenvalue weighted by atomic mass is 19.1. The van der Waals surface area contributed by atoms with E-state index in [0.717, 1.165) is 12.8 Å². The van der Waals surface area contributed by atoms with Gasteiger partial charge in [-0.15, -0.1) is 0 Å². The van der Waals surface area contributed by atoms with Gasteiger partial charge in [0.05, 0.1) is 6.67 Å². The zero-order valence-electron chi connectivity index (χ0n) is 5.49. The van der Waals surface area contributed by atoms with Gasteiger partial charge in [-0.05, 0) is 18.8 Å². The fraction of sp³-hybridized carbons (Fsp3) is 0.857. The van der Waals surface area contributed by atoms with Crippen LogP contribution in [0.2, 0.25) is 0 Å². The molecule has 0 aromatic heterocycles. The van der Waals surface area contributed by atoms with E-state index in [4.69, 9.17) is 0 Å². The molecule has 0 saturated heterocycles. The van der Waals surface area contributed by atoms with Crippen molar-refractivity contribution < 1.29 is 4.39 Å². The van der Waals surface area contributed by atoms with Crippen molar-refractivity contribution in [3.05, 3.63) is 6.92 Å². The molecule has 0 aromatic carbocycles. The second kappa shape index (κ2) is 5.07. The summed E-state index contributed by atoms with van der Waals surface area (Å²) < 4.78 is 11.5. The number of alkyl halides is 1. The zero-order valence-corrected chi connectivity index (χ0v) is 5.49. The molecule has 1 radical (unpaired) electrons. The Hall–Kier alpha value is -0.0700. The molecular formula is C7H14F. The topological polar surface area (TPSA) is 0 Å². The van der Waals surface area contributed by atoms with Crippen molar-refractivity contribution in [1.29, 1.82) is 0 Å². The van der Waals surface area contributed by atoms with E-state index in [-0.39, 0.29) is 6.67 Å². The molecule has 0 nitrogen and oxygen atoms in total. The number of halogens is 1. The smallest absolute Gasteiger partial charge is 0.0894 e. The Morgan fingerprint density at radius 2 is 2.25 bits per heavy atom. The van der Waals surface area contributed by atoms with Crippen molar-refractivity contribution in [1.82, 2.24) is 0 Å². The zero-order chi connectivity index (χ0) is 6.41. The van der Waals surface area contributed by atoms with Gasteiger partial charge in [0, 0.05) is 0 Å². The summed E-state index contributed by atoms with van der Waals surface area (Å²) in [4.78, 5) is 0. The maximum atomic E-state index is 11.5. The van der Waals surface area contributed by atoms with E-state index in [1.54, 1.807) is 0 Å². The van der Waals surface area contributed by atoms with Crippen LogP contribution in [0.25, 0.3) is 0 Å². The van der Waals surface area contributed by atoms with E-state index in [2.05, 4.69) is 13.8 Å². The Morgan fingerprint density at radius 1 is 1.62 bits per heavy atom. The van der Waals surface area contributed by atoms with Gasteiger partial charge in [0.1, 0.15) is 0 Å². The first kappa shape index (κ1) is 7.93. The lowest BCUT2D eigenvalue weighted by atomic mass is 10.0. The average molecular weight is 117 g/mol. The molecule has 1 atom stereocenters. The quantitative estimate of drug-likeness (QED) is 0.531. The van der Waals surface area contributed by atoms with Crippen molar-refractivity contribution in [3.63, 3.8) is 0 Å². The first-order chi connectivity index (χ1) is 3.81. The van der Waals surface area contributed by atoms with Crippen LogP contribution in [-0.2, 0) is 0 Å². The van der Waals surface area contributed by atoms with Gasteiger partial charge in [-0.1, -0.05) is 20.3 Å². The predicted octanol–water partition coefficient (Wildman–Crippen LogP) is 2.60. The third-order valence-electron chi connectivity index (χ3n) is 1.32. The number of hydrogen-bond donors (Lipinski definition) is 0. The molecule has 49 valence electrons. The first-order valence-corrected chi connectivity index (χ1v) is 3.16. The highest BCUT2D eigenvalue weighted by Crippen LogP contribution is 2.08. The standard InChI is InChI=1S/C7H14F/c1-3-7(2)5-4-6-8/h7H,1,3-6H2,2H3. The summed E-state index contributed by atoms with van der Waals surface area (Å²) in [7, 11) is 0. The number of hydrogen-bond acceptors (Lipinski definition) is 0. The monoisotopic (exact) mass is 117 g/mol. The van der Waals surface area contributed by atoms with E-state index in [1.165, 1.54) is 0 Å². The summed E-state index contributed by atoms with van der Waals surface area (Å²) in [6.07, 6.45) is 2.62. The molecule has 0 aliphatic carbocycles. The van der Waals surface area contributed by atoms with E-state index in [0.29, 0.717) is 12.3 Å². The minimum absolute atomic E-state index is 0.176. The Kier molecular flexibility index (Phi) is 5.03. The van der Waals surface area contributed by atoms with Gasteiger partial charge < -0.3 is 0 Å². The highest BCUT2D eigenvalue weighted by molar-refractivity contribution is 4.53. The van der Waals surface area contributed by atoms with Crippen LogP contribution in [-0.4, -0.2) is 6.67 Å². The minimum atomic E-state index is -0.176. The summed E-state index contributed by atoms with van der Waals surface area (Å²) >= 11 is 0. The van der Waals surface area contributed by atoms with E-state index in [9.17, 15) is 4.39 Å².